The zero-order valence-electron chi connectivity index (χ0n) is 14.9. The number of para-hydroxylation sites is 1. The molecule has 0 bridgehead atoms. The SMILES string of the molecule is CCOc1ccccc1-c1sc2c(NN=CC3CCOC3)ncnc2c1O. The molecule has 0 amide bonds. The van der Waals surface area contributed by atoms with Gasteiger partial charge in [0.15, 0.2) is 11.6 Å². The van der Waals surface area contributed by atoms with Crippen LogP contribution in [0, 0.1) is 5.92 Å². The Morgan fingerprint density at radius 1 is 1.41 bits per heavy atom. The highest BCUT2D eigenvalue weighted by molar-refractivity contribution is 7.23. The Morgan fingerprint density at radius 3 is 3.11 bits per heavy atom. The van der Waals surface area contributed by atoms with Crippen molar-refractivity contribution in [2.75, 3.05) is 25.2 Å². The van der Waals surface area contributed by atoms with Crippen LogP contribution >= 0.6 is 11.3 Å². The Morgan fingerprint density at radius 2 is 2.30 bits per heavy atom. The molecule has 1 unspecified atom stereocenters. The fourth-order valence-corrected chi connectivity index (χ4v) is 4.09. The van der Waals surface area contributed by atoms with Gasteiger partial charge in [-0.15, -0.1) is 11.3 Å². The molecule has 1 saturated heterocycles. The zero-order valence-corrected chi connectivity index (χ0v) is 15.7. The van der Waals surface area contributed by atoms with Crippen molar-refractivity contribution in [3.8, 4) is 21.9 Å². The van der Waals surface area contributed by atoms with Gasteiger partial charge in [0, 0.05) is 24.3 Å². The van der Waals surface area contributed by atoms with Crippen LogP contribution in [0.2, 0.25) is 0 Å². The van der Waals surface area contributed by atoms with Crippen molar-refractivity contribution in [1.29, 1.82) is 0 Å². The van der Waals surface area contributed by atoms with E-state index < -0.39 is 0 Å². The van der Waals surface area contributed by atoms with Crippen molar-refractivity contribution in [3.05, 3.63) is 30.6 Å². The number of rotatable bonds is 6. The Balaban J connectivity index is 1.69. The normalized spacial score (nSPS) is 17.0. The van der Waals surface area contributed by atoms with E-state index >= 15 is 0 Å². The minimum atomic E-state index is 0.126. The first kappa shape index (κ1) is 17.7. The smallest absolute Gasteiger partial charge is 0.167 e. The van der Waals surface area contributed by atoms with Gasteiger partial charge in [0.1, 0.15) is 22.3 Å². The van der Waals surface area contributed by atoms with E-state index in [-0.39, 0.29) is 5.75 Å². The van der Waals surface area contributed by atoms with Gasteiger partial charge in [0.05, 0.1) is 18.1 Å². The molecule has 1 aliphatic rings. The quantitative estimate of drug-likeness (QED) is 0.495. The summed E-state index contributed by atoms with van der Waals surface area (Å²) in [5, 5.41) is 15.0. The third-order valence-electron chi connectivity index (χ3n) is 4.30. The van der Waals surface area contributed by atoms with Crippen LogP contribution in [0.15, 0.2) is 35.7 Å². The lowest BCUT2D eigenvalue weighted by atomic mass is 10.1. The van der Waals surface area contributed by atoms with Gasteiger partial charge in [-0.05, 0) is 25.5 Å². The third-order valence-corrected chi connectivity index (χ3v) is 5.51. The van der Waals surface area contributed by atoms with Crippen molar-refractivity contribution in [1.82, 2.24) is 9.97 Å². The molecular formula is C19H20N4O3S. The number of nitrogens with zero attached hydrogens (tertiary/aromatic N) is 3. The molecule has 3 aromatic rings. The third kappa shape index (κ3) is 3.58. The lowest BCUT2D eigenvalue weighted by Gasteiger charge is -2.08. The van der Waals surface area contributed by atoms with Crippen LogP contribution in [0.5, 0.6) is 11.5 Å². The molecule has 8 heteroatoms. The van der Waals surface area contributed by atoms with Crippen molar-refractivity contribution in [2.45, 2.75) is 13.3 Å². The van der Waals surface area contributed by atoms with Crippen molar-refractivity contribution in [2.24, 2.45) is 11.0 Å². The van der Waals surface area contributed by atoms with Gasteiger partial charge in [-0.25, -0.2) is 9.97 Å². The lowest BCUT2D eigenvalue weighted by Crippen LogP contribution is -2.02. The molecule has 4 rings (SSSR count). The summed E-state index contributed by atoms with van der Waals surface area (Å²) in [7, 11) is 0. The first-order chi connectivity index (χ1) is 13.3. The minimum Gasteiger partial charge on any atom is -0.504 e. The monoisotopic (exact) mass is 384 g/mol. The van der Waals surface area contributed by atoms with Crippen molar-refractivity contribution < 1.29 is 14.6 Å². The molecule has 1 atom stereocenters. The number of anilines is 1. The fourth-order valence-electron chi connectivity index (χ4n) is 2.97. The number of fused-ring (bicyclic) bond motifs is 1. The van der Waals surface area contributed by atoms with E-state index in [1.807, 2.05) is 37.4 Å². The molecule has 140 valence electrons. The van der Waals surface area contributed by atoms with E-state index in [1.54, 1.807) is 0 Å². The van der Waals surface area contributed by atoms with E-state index in [0.29, 0.717) is 35.3 Å². The summed E-state index contributed by atoms with van der Waals surface area (Å²) in [5.74, 6) is 1.74. The minimum absolute atomic E-state index is 0.126. The summed E-state index contributed by atoms with van der Waals surface area (Å²) in [6.07, 6.45) is 4.24. The summed E-state index contributed by atoms with van der Waals surface area (Å²) in [5.41, 5.74) is 4.31. The number of benzene rings is 1. The summed E-state index contributed by atoms with van der Waals surface area (Å²) >= 11 is 1.41. The second-order valence-electron chi connectivity index (χ2n) is 6.12. The maximum absolute atomic E-state index is 10.7. The van der Waals surface area contributed by atoms with Gasteiger partial charge >= 0.3 is 0 Å². The number of aromatic hydroxyl groups is 1. The van der Waals surface area contributed by atoms with Crippen LogP contribution in [0.25, 0.3) is 20.7 Å². The van der Waals surface area contributed by atoms with E-state index in [2.05, 4.69) is 20.5 Å². The van der Waals surface area contributed by atoms with Crippen molar-refractivity contribution >= 4 is 33.6 Å². The molecule has 1 aromatic carbocycles. The number of aromatic nitrogens is 2. The van der Waals surface area contributed by atoms with E-state index in [0.717, 1.165) is 29.0 Å². The predicted molar refractivity (Wildman–Crippen MR) is 107 cm³/mol. The Hall–Kier alpha value is -2.71. The van der Waals surface area contributed by atoms with Crippen LogP contribution in [0.4, 0.5) is 5.82 Å². The predicted octanol–water partition coefficient (Wildman–Crippen LogP) is 3.90. The van der Waals surface area contributed by atoms with Gasteiger partial charge in [-0.1, -0.05) is 12.1 Å². The molecule has 7 nitrogen and oxygen atoms in total. The Labute approximate surface area is 160 Å². The molecule has 0 aliphatic carbocycles. The fraction of sp³-hybridized carbons (Fsp3) is 0.316. The van der Waals surface area contributed by atoms with E-state index in [4.69, 9.17) is 9.47 Å². The lowest BCUT2D eigenvalue weighted by molar-refractivity contribution is 0.193. The highest BCUT2D eigenvalue weighted by Gasteiger charge is 2.20. The first-order valence-corrected chi connectivity index (χ1v) is 9.65. The zero-order chi connectivity index (χ0) is 18.6. The van der Waals surface area contributed by atoms with Gasteiger partial charge < -0.3 is 14.6 Å². The maximum Gasteiger partial charge on any atom is 0.167 e. The molecule has 0 radical (unpaired) electrons. The molecule has 3 heterocycles. The molecule has 1 aliphatic heterocycles. The van der Waals surface area contributed by atoms with Gasteiger partial charge in [0.25, 0.3) is 0 Å². The first-order valence-electron chi connectivity index (χ1n) is 8.83. The second-order valence-corrected chi connectivity index (χ2v) is 7.14. The molecule has 2 N–H and O–H groups in total. The van der Waals surface area contributed by atoms with Gasteiger partial charge in [-0.2, -0.15) is 5.10 Å². The number of thiophene rings is 1. The summed E-state index contributed by atoms with van der Waals surface area (Å²) in [6.45, 7) is 3.95. The van der Waals surface area contributed by atoms with Gasteiger partial charge in [0.2, 0.25) is 0 Å². The molecule has 1 fully saturated rings. The number of ether oxygens (including phenoxy) is 2. The molecular weight excluding hydrogens is 364 g/mol. The van der Waals surface area contributed by atoms with Gasteiger partial charge in [-0.3, -0.25) is 5.43 Å². The maximum atomic E-state index is 10.7. The van der Waals surface area contributed by atoms with Crippen LogP contribution in [-0.4, -0.2) is 41.1 Å². The summed E-state index contributed by atoms with van der Waals surface area (Å²) in [6, 6.07) is 7.64. The summed E-state index contributed by atoms with van der Waals surface area (Å²) in [4.78, 5) is 9.22. The summed E-state index contributed by atoms with van der Waals surface area (Å²) < 4.78 is 11.8. The van der Waals surface area contributed by atoms with Crippen LogP contribution < -0.4 is 10.2 Å². The number of hydrazone groups is 1. The Kier molecular flexibility index (Phi) is 5.17. The standard InChI is InChI=1S/C19H20N4O3S/c1-2-26-14-6-4-3-5-13(14)17-16(24)15-18(27-17)19(21-11-20-15)23-22-9-12-7-8-25-10-12/h3-6,9,11-12,24H,2,7-8,10H2,1H3,(H,20,21,23). The highest BCUT2D eigenvalue weighted by Crippen LogP contribution is 2.47. The molecule has 0 saturated carbocycles. The van der Waals surface area contributed by atoms with E-state index in [9.17, 15) is 5.11 Å². The number of hydrogen-bond donors (Lipinski definition) is 2. The number of hydrogen-bond acceptors (Lipinski definition) is 8. The van der Waals surface area contributed by atoms with Crippen LogP contribution in [0.1, 0.15) is 13.3 Å². The highest BCUT2D eigenvalue weighted by atomic mass is 32.1. The van der Waals surface area contributed by atoms with E-state index in [1.165, 1.54) is 17.7 Å². The molecule has 2 aromatic heterocycles. The largest absolute Gasteiger partial charge is 0.504 e. The van der Waals surface area contributed by atoms with Crippen molar-refractivity contribution in [3.63, 3.8) is 0 Å². The molecule has 27 heavy (non-hydrogen) atoms. The second kappa shape index (κ2) is 7.89. The average Bonchev–Trinajstić information content (AvgIpc) is 3.32. The topological polar surface area (TPSA) is 88.9 Å². The van der Waals surface area contributed by atoms with Crippen LogP contribution in [-0.2, 0) is 4.74 Å². The number of nitrogens with one attached hydrogen (secondary N) is 1. The Bertz CT molecular complexity index is 967. The molecule has 0 spiro atoms. The van der Waals surface area contributed by atoms with Crippen LogP contribution in [0.3, 0.4) is 0 Å². The average molecular weight is 384 g/mol.